The molecule has 0 radical (unpaired) electrons. The highest BCUT2D eigenvalue weighted by molar-refractivity contribution is 5.87. The third-order valence-corrected chi connectivity index (χ3v) is 10.9. The van der Waals surface area contributed by atoms with Crippen LogP contribution >= 0.6 is 0 Å². The molecule has 0 aromatic carbocycles. The number of fused-ring (bicyclic) bond motifs is 3. The first kappa shape index (κ1) is 19.2. The van der Waals surface area contributed by atoms with Crippen molar-refractivity contribution in [3.05, 3.63) is 0 Å². The summed E-state index contributed by atoms with van der Waals surface area (Å²) in [4.78, 5) is 17.8. The summed E-state index contributed by atoms with van der Waals surface area (Å²) in [7, 11) is 2.21. The molecule has 4 bridgehead atoms. The Morgan fingerprint density at radius 3 is 2.55 bits per heavy atom. The van der Waals surface area contributed by atoms with Crippen LogP contribution < -0.4 is 0 Å². The van der Waals surface area contributed by atoms with Gasteiger partial charge in [-0.25, -0.2) is 0 Å². The van der Waals surface area contributed by atoms with Gasteiger partial charge in [0.1, 0.15) is 11.5 Å². The second-order valence-corrected chi connectivity index (χ2v) is 11.7. The van der Waals surface area contributed by atoms with Crippen molar-refractivity contribution in [3.63, 3.8) is 0 Å². The highest BCUT2D eigenvalue weighted by atomic mass is 16.5. The molecule has 0 aromatic rings. The SMILES string of the molecule is CN1CCN(C23CC(O)CC4C(C[C@@H]5[C@@H](CC[C@]6(C)C(=O)CC[C@@H]56)[C@]42C)O3)CC1. The predicted molar refractivity (Wildman–Crippen MR) is 110 cm³/mol. The Hall–Kier alpha value is -0.490. The zero-order valence-electron chi connectivity index (χ0n) is 18.4. The largest absolute Gasteiger partial charge is 0.393 e. The lowest BCUT2D eigenvalue weighted by Crippen LogP contribution is -2.69. The second-order valence-electron chi connectivity index (χ2n) is 11.7. The van der Waals surface area contributed by atoms with Crippen molar-refractivity contribution < 1.29 is 14.6 Å². The van der Waals surface area contributed by atoms with E-state index in [0.717, 1.165) is 71.1 Å². The van der Waals surface area contributed by atoms with Gasteiger partial charge in [-0.1, -0.05) is 13.8 Å². The molecule has 2 aliphatic heterocycles. The van der Waals surface area contributed by atoms with Crippen molar-refractivity contribution in [2.45, 2.75) is 76.7 Å². The van der Waals surface area contributed by atoms with Crippen LogP contribution in [-0.2, 0) is 9.53 Å². The number of Topliss-reactive ketones (excluding diaryl/α,β-unsaturated/α-hetero) is 1. The Bertz CT molecular complexity index is 721. The van der Waals surface area contributed by atoms with Gasteiger partial charge < -0.3 is 14.7 Å². The van der Waals surface area contributed by atoms with E-state index in [1.54, 1.807) is 0 Å². The highest BCUT2D eigenvalue weighted by Crippen LogP contribution is 2.72. The number of rotatable bonds is 1. The second kappa shape index (κ2) is 6.05. The number of ether oxygens (including phenoxy) is 1. The van der Waals surface area contributed by atoms with E-state index < -0.39 is 0 Å². The van der Waals surface area contributed by atoms with Crippen LogP contribution in [0.3, 0.4) is 0 Å². The lowest BCUT2D eigenvalue weighted by molar-refractivity contribution is -0.235. The summed E-state index contributed by atoms with van der Waals surface area (Å²) in [5.74, 6) is 2.79. The summed E-state index contributed by atoms with van der Waals surface area (Å²) in [5.41, 5.74) is -0.288. The number of carbonyl (C=O) groups is 1. The normalized spacial score (nSPS) is 57.6. The molecule has 6 fully saturated rings. The number of carbonyl (C=O) groups excluding carboxylic acids is 1. The monoisotopic (exact) mass is 402 g/mol. The van der Waals surface area contributed by atoms with Crippen molar-refractivity contribution in [2.24, 2.45) is 34.5 Å². The topological polar surface area (TPSA) is 53.0 Å². The lowest BCUT2D eigenvalue weighted by Gasteiger charge is -2.63. The van der Waals surface area contributed by atoms with Crippen molar-refractivity contribution in [1.29, 1.82) is 0 Å². The van der Waals surface area contributed by atoms with Crippen molar-refractivity contribution >= 4 is 5.78 Å². The van der Waals surface area contributed by atoms with E-state index >= 15 is 0 Å². The summed E-state index contributed by atoms with van der Waals surface area (Å²) < 4.78 is 7.11. The lowest BCUT2D eigenvalue weighted by atomic mass is 9.43. The molecule has 9 atom stereocenters. The number of hydrogen-bond donors (Lipinski definition) is 1. The molecule has 6 rings (SSSR count). The molecule has 0 amide bonds. The molecule has 4 aliphatic carbocycles. The van der Waals surface area contributed by atoms with Gasteiger partial charge in [-0.2, -0.15) is 0 Å². The van der Waals surface area contributed by atoms with Crippen LogP contribution in [0.15, 0.2) is 0 Å². The molecule has 162 valence electrons. The van der Waals surface area contributed by atoms with Crippen LogP contribution in [-0.4, -0.2) is 71.8 Å². The smallest absolute Gasteiger partial charge is 0.139 e. The first-order chi connectivity index (χ1) is 13.8. The van der Waals surface area contributed by atoms with E-state index in [4.69, 9.17) is 4.74 Å². The van der Waals surface area contributed by atoms with Crippen LogP contribution in [0.5, 0.6) is 0 Å². The zero-order chi connectivity index (χ0) is 20.2. The molecule has 5 heteroatoms. The maximum Gasteiger partial charge on any atom is 0.139 e. The van der Waals surface area contributed by atoms with Crippen LogP contribution in [0.1, 0.15) is 58.8 Å². The summed E-state index contributed by atoms with van der Waals surface area (Å²) >= 11 is 0. The minimum atomic E-state index is -0.309. The number of aliphatic hydroxyl groups is 1. The molecule has 2 saturated heterocycles. The highest BCUT2D eigenvalue weighted by Gasteiger charge is 2.75. The Kier molecular flexibility index (Phi) is 4.01. The Morgan fingerprint density at radius 1 is 1.03 bits per heavy atom. The minimum Gasteiger partial charge on any atom is -0.393 e. The number of nitrogens with zero attached hydrogens (tertiary/aromatic N) is 2. The molecule has 2 heterocycles. The fourth-order valence-electron chi connectivity index (χ4n) is 9.38. The van der Waals surface area contributed by atoms with Crippen LogP contribution in [0, 0.1) is 34.5 Å². The molecule has 4 unspecified atom stereocenters. The summed E-state index contributed by atoms with van der Waals surface area (Å²) in [6.45, 7) is 9.03. The Balaban J connectivity index is 1.41. The zero-order valence-corrected chi connectivity index (χ0v) is 18.4. The Labute approximate surface area is 175 Å². The number of hydrogen-bond acceptors (Lipinski definition) is 5. The van der Waals surface area contributed by atoms with E-state index in [-0.39, 0.29) is 28.8 Å². The number of likely N-dealkylation sites (N-methyl/N-ethyl adjacent to an activating group) is 1. The van der Waals surface area contributed by atoms with Gasteiger partial charge in [0.25, 0.3) is 0 Å². The van der Waals surface area contributed by atoms with E-state index in [2.05, 4.69) is 30.7 Å². The maximum atomic E-state index is 12.8. The molecule has 29 heavy (non-hydrogen) atoms. The van der Waals surface area contributed by atoms with E-state index in [1.165, 1.54) is 0 Å². The van der Waals surface area contributed by atoms with E-state index in [9.17, 15) is 9.90 Å². The van der Waals surface area contributed by atoms with Crippen LogP contribution in [0.4, 0.5) is 0 Å². The van der Waals surface area contributed by atoms with Gasteiger partial charge in [-0.05, 0) is 62.8 Å². The van der Waals surface area contributed by atoms with Gasteiger partial charge >= 0.3 is 0 Å². The molecule has 1 N–H and O–H groups in total. The van der Waals surface area contributed by atoms with Crippen LogP contribution in [0.2, 0.25) is 0 Å². The standard InChI is InChI=1S/C24H38N2O3/c1-22-7-6-18-16(17(22)4-5-21(22)28)13-20-19-12-15(27)14-24(29-20,23(18,19)2)26-10-8-25(3)9-11-26/h15-20,27H,4-14H2,1-3H3/t15?,16-,17-,18+,19?,20?,22-,23+,24?/m0/s1. The minimum absolute atomic E-state index is 0.0794. The van der Waals surface area contributed by atoms with Crippen molar-refractivity contribution in [3.8, 4) is 0 Å². The van der Waals surface area contributed by atoms with Gasteiger partial charge in [0.05, 0.1) is 12.2 Å². The third-order valence-electron chi connectivity index (χ3n) is 10.9. The van der Waals surface area contributed by atoms with Crippen LogP contribution in [0.25, 0.3) is 0 Å². The number of ketones is 1. The molecular weight excluding hydrogens is 364 g/mol. The molecule has 0 aromatic heterocycles. The molecular formula is C24H38N2O3. The fourth-order valence-corrected chi connectivity index (χ4v) is 9.38. The van der Waals surface area contributed by atoms with E-state index in [0.29, 0.717) is 29.5 Å². The number of aliphatic hydroxyl groups excluding tert-OH is 1. The van der Waals surface area contributed by atoms with Gasteiger partial charge in [-0.15, -0.1) is 0 Å². The first-order valence-corrected chi connectivity index (χ1v) is 12.1. The molecule has 6 aliphatic rings. The first-order valence-electron chi connectivity index (χ1n) is 12.1. The number of piperazine rings is 1. The van der Waals surface area contributed by atoms with E-state index in [1.807, 2.05) is 0 Å². The average molecular weight is 403 g/mol. The Morgan fingerprint density at radius 2 is 1.79 bits per heavy atom. The predicted octanol–water partition coefficient (Wildman–Crippen LogP) is 2.52. The van der Waals surface area contributed by atoms with Crippen molar-refractivity contribution in [2.75, 3.05) is 33.2 Å². The van der Waals surface area contributed by atoms with Gasteiger partial charge in [0, 0.05) is 49.9 Å². The van der Waals surface area contributed by atoms with Gasteiger partial charge in [0.2, 0.25) is 0 Å². The average Bonchev–Trinajstić information content (AvgIpc) is 2.98. The fraction of sp³-hybridized carbons (Fsp3) is 0.958. The molecule has 0 spiro atoms. The molecule has 4 saturated carbocycles. The summed E-state index contributed by atoms with van der Waals surface area (Å²) in [6, 6.07) is 0. The summed E-state index contributed by atoms with van der Waals surface area (Å²) in [5, 5.41) is 10.9. The summed E-state index contributed by atoms with van der Waals surface area (Å²) in [6.07, 6.45) is 6.91. The van der Waals surface area contributed by atoms with Gasteiger partial charge in [0.15, 0.2) is 0 Å². The van der Waals surface area contributed by atoms with Gasteiger partial charge in [-0.3, -0.25) is 9.69 Å². The quantitative estimate of drug-likeness (QED) is 0.730. The third kappa shape index (κ3) is 2.23. The molecule has 5 nitrogen and oxygen atoms in total. The van der Waals surface area contributed by atoms with Crippen molar-refractivity contribution in [1.82, 2.24) is 9.80 Å². The maximum absolute atomic E-state index is 12.8.